The molecule has 4 rings (SSSR count). The van der Waals surface area contributed by atoms with Gasteiger partial charge < -0.3 is 15.6 Å². The number of hydroxylamine groups is 1. The van der Waals surface area contributed by atoms with Gasteiger partial charge in [-0.2, -0.15) is 0 Å². The summed E-state index contributed by atoms with van der Waals surface area (Å²) >= 11 is 3.42. The van der Waals surface area contributed by atoms with Gasteiger partial charge in [-0.1, -0.05) is 29.8 Å². The Morgan fingerprint density at radius 1 is 1.31 bits per heavy atom. The maximum Gasteiger partial charge on any atom is 0.277 e. The van der Waals surface area contributed by atoms with E-state index in [0.717, 1.165) is 22.9 Å². The molecule has 174 valence electrons. The van der Waals surface area contributed by atoms with Crippen LogP contribution in [0.2, 0.25) is 0 Å². The number of imidazole rings is 1. The monoisotopic (exact) mass is 507 g/mol. The number of nitrogens with two attached hydrogens (primary N) is 1. The van der Waals surface area contributed by atoms with E-state index in [1.165, 1.54) is 13.4 Å². The summed E-state index contributed by atoms with van der Waals surface area (Å²) in [6.07, 6.45) is 3.75. The van der Waals surface area contributed by atoms with Gasteiger partial charge >= 0.3 is 0 Å². The Kier molecular flexibility index (Phi) is 9.61. The summed E-state index contributed by atoms with van der Waals surface area (Å²) in [6, 6.07) is 7.22. The van der Waals surface area contributed by atoms with Crippen LogP contribution in [-0.4, -0.2) is 29.1 Å². The van der Waals surface area contributed by atoms with E-state index in [2.05, 4.69) is 37.4 Å². The van der Waals surface area contributed by atoms with Crippen LogP contribution in [0.1, 0.15) is 42.6 Å². The van der Waals surface area contributed by atoms with Crippen molar-refractivity contribution >= 4 is 44.2 Å². The van der Waals surface area contributed by atoms with Crippen molar-refractivity contribution < 1.29 is 14.0 Å². The van der Waals surface area contributed by atoms with Crippen LogP contribution in [-0.2, 0) is 11.9 Å². The second-order valence-electron chi connectivity index (χ2n) is 7.11. The summed E-state index contributed by atoms with van der Waals surface area (Å²) in [5, 5.41) is 3.07. The Balaban J connectivity index is 0.000000860. The maximum atomic E-state index is 15.3. The number of hydrogen-bond acceptors (Lipinski definition) is 5. The largest absolute Gasteiger partial charge is 0.352 e. The van der Waals surface area contributed by atoms with Gasteiger partial charge in [0, 0.05) is 17.2 Å². The van der Waals surface area contributed by atoms with Crippen LogP contribution in [0.5, 0.6) is 0 Å². The molecule has 1 aliphatic carbocycles. The average Bonchev–Trinajstić information content (AvgIpc) is 3.55. The van der Waals surface area contributed by atoms with E-state index in [0.29, 0.717) is 23.7 Å². The van der Waals surface area contributed by atoms with Crippen molar-refractivity contribution in [3.05, 3.63) is 52.0 Å². The number of rotatable bonds is 6. The topological polar surface area (TPSA) is 94.2 Å². The first-order valence-electron chi connectivity index (χ1n) is 10.6. The minimum absolute atomic E-state index is 0.0733. The number of aryl methyl sites for hydroxylation is 2. The highest BCUT2D eigenvalue weighted by Gasteiger charge is 2.24. The molecule has 1 fully saturated rings. The fraction of sp³-hybridized carbons (Fsp3) is 0.391. The minimum atomic E-state index is -0.576. The van der Waals surface area contributed by atoms with Gasteiger partial charge in [-0.3, -0.25) is 9.63 Å². The highest BCUT2D eigenvalue weighted by molar-refractivity contribution is 9.10. The van der Waals surface area contributed by atoms with Gasteiger partial charge in [0.15, 0.2) is 5.82 Å². The lowest BCUT2D eigenvalue weighted by molar-refractivity contribution is 0.0271. The van der Waals surface area contributed by atoms with E-state index < -0.39 is 11.7 Å². The quantitative estimate of drug-likeness (QED) is 0.398. The molecule has 1 amide bonds. The lowest BCUT2D eigenvalue weighted by atomic mass is 10.1. The molecule has 32 heavy (non-hydrogen) atoms. The molecule has 0 radical (unpaired) electrons. The molecule has 0 atom stereocenters. The first kappa shape index (κ1) is 25.8. The molecule has 0 spiro atoms. The van der Waals surface area contributed by atoms with Crippen LogP contribution in [0.4, 0.5) is 15.8 Å². The Morgan fingerprint density at radius 3 is 2.62 bits per heavy atom. The summed E-state index contributed by atoms with van der Waals surface area (Å²) < 4.78 is 17.9. The van der Waals surface area contributed by atoms with Gasteiger partial charge in [0.25, 0.3) is 5.91 Å². The van der Waals surface area contributed by atoms with E-state index in [1.807, 2.05) is 39.0 Å². The van der Waals surface area contributed by atoms with Crippen molar-refractivity contribution in [1.82, 2.24) is 15.0 Å². The van der Waals surface area contributed by atoms with Crippen molar-refractivity contribution in [2.24, 2.45) is 18.7 Å². The second-order valence-corrected chi connectivity index (χ2v) is 8.02. The van der Waals surface area contributed by atoms with Gasteiger partial charge in [-0.05, 0) is 62.6 Å². The summed E-state index contributed by atoms with van der Waals surface area (Å²) in [5.41, 5.74) is 9.52. The summed E-state index contributed by atoms with van der Waals surface area (Å²) in [7, 11) is 3.26. The number of fused-ring (bicyclic) bond motifs is 1. The third-order valence-electron chi connectivity index (χ3n) is 4.83. The summed E-state index contributed by atoms with van der Waals surface area (Å²) in [6.45, 7) is 6.37. The second kappa shape index (κ2) is 11.9. The molecule has 1 saturated carbocycles. The zero-order valence-electron chi connectivity index (χ0n) is 19.1. The fourth-order valence-corrected chi connectivity index (χ4v) is 3.47. The predicted octanol–water partition coefficient (Wildman–Crippen LogP) is 5.20. The van der Waals surface area contributed by atoms with Gasteiger partial charge in [0.1, 0.15) is 5.52 Å². The zero-order chi connectivity index (χ0) is 23.8. The molecular weight excluding hydrogens is 477 g/mol. The zero-order valence-corrected chi connectivity index (χ0v) is 20.7. The van der Waals surface area contributed by atoms with Crippen LogP contribution in [0.15, 0.2) is 35.1 Å². The molecule has 1 heterocycles. The van der Waals surface area contributed by atoms with E-state index in [9.17, 15) is 4.79 Å². The van der Waals surface area contributed by atoms with Gasteiger partial charge in [-0.15, -0.1) is 0 Å². The number of amides is 1. The van der Waals surface area contributed by atoms with Crippen molar-refractivity contribution in [1.29, 1.82) is 0 Å². The first-order valence-corrected chi connectivity index (χ1v) is 11.4. The molecule has 9 heteroatoms. The summed E-state index contributed by atoms with van der Waals surface area (Å²) in [4.78, 5) is 22.2. The summed E-state index contributed by atoms with van der Waals surface area (Å²) in [5.74, 6) is -0.577. The molecule has 3 aromatic rings. The molecule has 0 bridgehead atoms. The molecule has 1 aromatic heterocycles. The number of carbonyl (C=O) groups is 1. The van der Waals surface area contributed by atoms with Crippen LogP contribution >= 0.6 is 15.9 Å². The van der Waals surface area contributed by atoms with Gasteiger partial charge in [0.05, 0.1) is 29.7 Å². The normalized spacial score (nSPS) is 12.4. The Labute approximate surface area is 196 Å². The van der Waals surface area contributed by atoms with E-state index >= 15 is 4.39 Å². The molecule has 4 N–H and O–H groups in total. The lowest BCUT2D eigenvalue weighted by Gasteiger charge is -2.16. The highest BCUT2D eigenvalue weighted by atomic mass is 79.9. The third kappa shape index (κ3) is 6.05. The molecule has 2 aromatic carbocycles. The average molecular weight is 508 g/mol. The standard InChI is InChI=1S/C20H20BrFN4O2.C2H6.CH5N/c1-11-7-13(21)5-6-15(11)24-18-14(20(27)25-28-9-12-3-4-12)8-16-19(17(18)22)23-10-26(16)2;2*1-2/h5-8,10,12,24H,3-4,9H2,1-2H3,(H,25,27);1-2H3;2H2,1H3. The molecule has 0 saturated heterocycles. The molecule has 0 unspecified atom stereocenters. The first-order chi connectivity index (χ1) is 15.4. The number of nitrogens with zero attached hydrogens (tertiary/aromatic N) is 2. The smallest absolute Gasteiger partial charge is 0.277 e. The third-order valence-corrected chi connectivity index (χ3v) is 5.33. The number of carbonyl (C=O) groups excluding carboxylic acids is 1. The number of anilines is 2. The SMILES string of the molecule is CC.CN.Cc1cc(Br)ccc1Nc1c(C(=O)NOCC2CC2)cc2c(ncn2C)c1F. The van der Waals surface area contributed by atoms with Crippen LogP contribution in [0.3, 0.4) is 0 Å². The maximum absolute atomic E-state index is 15.3. The van der Waals surface area contributed by atoms with Crippen molar-refractivity contribution in [2.75, 3.05) is 19.0 Å². The highest BCUT2D eigenvalue weighted by Crippen LogP contribution is 2.32. The van der Waals surface area contributed by atoms with Gasteiger partial charge in [-0.25, -0.2) is 14.9 Å². The van der Waals surface area contributed by atoms with E-state index in [1.54, 1.807) is 17.7 Å². The van der Waals surface area contributed by atoms with Crippen molar-refractivity contribution in [3.63, 3.8) is 0 Å². The van der Waals surface area contributed by atoms with E-state index in [4.69, 9.17) is 4.84 Å². The fourth-order valence-electron chi connectivity index (χ4n) is 2.99. The van der Waals surface area contributed by atoms with Crippen LogP contribution in [0.25, 0.3) is 11.0 Å². The molecule has 1 aliphatic rings. The van der Waals surface area contributed by atoms with E-state index in [-0.39, 0.29) is 16.8 Å². The number of hydrogen-bond donors (Lipinski definition) is 3. The Hall–Kier alpha value is -2.49. The molecule has 0 aliphatic heterocycles. The van der Waals surface area contributed by atoms with Gasteiger partial charge in [0.2, 0.25) is 0 Å². The lowest BCUT2D eigenvalue weighted by Crippen LogP contribution is -2.26. The Bertz CT molecular complexity index is 1070. The molecular formula is C23H31BrFN5O2. The number of aromatic nitrogens is 2. The van der Waals surface area contributed by atoms with Crippen molar-refractivity contribution in [3.8, 4) is 0 Å². The minimum Gasteiger partial charge on any atom is -0.352 e. The number of benzene rings is 2. The Morgan fingerprint density at radius 2 is 2.00 bits per heavy atom. The predicted molar refractivity (Wildman–Crippen MR) is 130 cm³/mol. The molecule has 7 nitrogen and oxygen atoms in total. The van der Waals surface area contributed by atoms with Crippen LogP contribution < -0.4 is 16.5 Å². The number of halogens is 2. The van der Waals surface area contributed by atoms with Crippen molar-refractivity contribution in [2.45, 2.75) is 33.6 Å². The van der Waals surface area contributed by atoms with Crippen LogP contribution in [0, 0.1) is 18.7 Å². The number of nitrogens with one attached hydrogen (secondary N) is 2.